The van der Waals surface area contributed by atoms with Crippen molar-refractivity contribution in [3.05, 3.63) is 11.9 Å². The standard InChI is InChI=1S/C5H5F3N4O2/c6-5(7,8)14-4(13)9-1-3-2-10-12-11-3/h2H,1H2,(H,9,13)(H,10,11,12). The van der Waals surface area contributed by atoms with Crippen molar-refractivity contribution < 1.29 is 22.7 Å². The van der Waals surface area contributed by atoms with Gasteiger partial charge in [0.1, 0.15) is 5.69 Å². The number of nitrogens with zero attached hydrogens (tertiary/aromatic N) is 2. The summed E-state index contributed by atoms with van der Waals surface area (Å²) in [4.78, 5) is 10.4. The van der Waals surface area contributed by atoms with Crippen LogP contribution >= 0.6 is 0 Å². The fourth-order valence-corrected chi connectivity index (χ4v) is 0.616. The highest BCUT2D eigenvalue weighted by Crippen LogP contribution is 2.15. The SMILES string of the molecule is O=C(NCc1c[nH]nn1)OC(F)(F)F. The summed E-state index contributed by atoms with van der Waals surface area (Å²) in [5, 5.41) is 10.9. The number of alkyl halides is 3. The Morgan fingerprint density at radius 2 is 2.36 bits per heavy atom. The molecule has 9 heteroatoms. The minimum atomic E-state index is -4.98. The van der Waals surface area contributed by atoms with Gasteiger partial charge in [0.05, 0.1) is 6.54 Å². The van der Waals surface area contributed by atoms with E-state index in [0.717, 1.165) is 0 Å². The van der Waals surface area contributed by atoms with Crippen LogP contribution in [0.15, 0.2) is 6.20 Å². The number of nitrogens with one attached hydrogen (secondary N) is 2. The van der Waals surface area contributed by atoms with Crippen LogP contribution in [0, 0.1) is 0 Å². The van der Waals surface area contributed by atoms with Gasteiger partial charge in [-0.25, -0.2) is 4.79 Å². The van der Waals surface area contributed by atoms with E-state index in [1.165, 1.54) is 6.20 Å². The molecule has 0 aromatic carbocycles. The van der Waals surface area contributed by atoms with Crippen LogP contribution in [0.3, 0.4) is 0 Å². The number of hydrogen-bond acceptors (Lipinski definition) is 4. The summed E-state index contributed by atoms with van der Waals surface area (Å²) in [6.07, 6.45) is -5.23. The van der Waals surface area contributed by atoms with Gasteiger partial charge in [-0.3, -0.25) is 5.10 Å². The van der Waals surface area contributed by atoms with Crippen molar-refractivity contribution in [2.45, 2.75) is 12.9 Å². The highest BCUT2D eigenvalue weighted by molar-refractivity contribution is 5.67. The second-order valence-corrected chi connectivity index (χ2v) is 2.15. The molecule has 78 valence electrons. The molecule has 2 N–H and O–H groups in total. The quantitative estimate of drug-likeness (QED) is 0.746. The van der Waals surface area contributed by atoms with Crippen molar-refractivity contribution in [2.75, 3.05) is 0 Å². The number of aromatic amines is 1. The molecule has 1 heterocycles. The predicted molar refractivity (Wildman–Crippen MR) is 35.8 cm³/mol. The van der Waals surface area contributed by atoms with Crippen molar-refractivity contribution in [3.8, 4) is 0 Å². The molecular formula is C5H5F3N4O2. The number of carbonyl (C=O) groups excluding carboxylic acids is 1. The largest absolute Gasteiger partial charge is 0.576 e. The maximum Gasteiger partial charge on any atom is 0.576 e. The summed E-state index contributed by atoms with van der Waals surface area (Å²) >= 11 is 0. The Bertz CT molecular complexity index is 296. The third-order valence-electron chi connectivity index (χ3n) is 1.09. The van der Waals surface area contributed by atoms with E-state index in [9.17, 15) is 18.0 Å². The summed E-state index contributed by atoms with van der Waals surface area (Å²) < 4.78 is 37.4. The number of halogens is 3. The first-order valence-corrected chi connectivity index (χ1v) is 3.36. The molecule has 0 bridgehead atoms. The summed E-state index contributed by atoms with van der Waals surface area (Å²) in [7, 11) is 0. The van der Waals surface area contributed by atoms with Crippen LogP contribution in [0.2, 0.25) is 0 Å². The smallest absolute Gasteiger partial charge is 0.356 e. The van der Waals surface area contributed by atoms with Crippen molar-refractivity contribution >= 4 is 6.09 Å². The number of rotatable bonds is 2. The second-order valence-electron chi connectivity index (χ2n) is 2.15. The average Bonchev–Trinajstić information content (AvgIpc) is 2.49. The van der Waals surface area contributed by atoms with Crippen molar-refractivity contribution in [2.24, 2.45) is 0 Å². The lowest BCUT2D eigenvalue weighted by Crippen LogP contribution is -2.29. The topological polar surface area (TPSA) is 79.9 Å². The third-order valence-corrected chi connectivity index (χ3v) is 1.09. The van der Waals surface area contributed by atoms with Gasteiger partial charge in [0, 0.05) is 6.20 Å². The Morgan fingerprint density at radius 3 is 2.86 bits per heavy atom. The number of aromatic nitrogens is 3. The lowest BCUT2D eigenvalue weighted by Gasteiger charge is -2.07. The van der Waals surface area contributed by atoms with Gasteiger partial charge in [0.25, 0.3) is 0 Å². The average molecular weight is 210 g/mol. The van der Waals surface area contributed by atoms with Crippen LogP contribution in [-0.4, -0.2) is 27.9 Å². The minimum Gasteiger partial charge on any atom is -0.356 e. The molecule has 0 aliphatic heterocycles. The zero-order valence-corrected chi connectivity index (χ0v) is 6.63. The first-order chi connectivity index (χ1) is 6.47. The first kappa shape index (κ1) is 10.3. The number of alkyl carbamates (subject to hydrolysis) is 1. The van der Waals surface area contributed by atoms with Gasteiger partial charge in [-0.2, -0.15) is 0 Å². The van der Waals surface area contributed by atoms with E-state index in [2.05, 4.69) is 20.1 Å². The summed E-state index contributed by atoms with van der Waals surface area (Å²) in [5.41, 5.74) is 0.295. The van der Waals surface area contributed by atoms with E-state index in [4.69, 9.17) is 0 Å². The van der Waals surface area contributed by atoms with Crippen molar-refractivity contribution in [3.63, 3.8) is 0 Å². The normalized spacial score (nSPS) is 11.1. The lowest BCUT2D eigenvalue weighted by atomic mass is 10.5. The molecule has 1 aromatic rings. The summed E-state index contributed by atoms with van der Waals surface area (Å²) in [6.45, 7) is -0.189. The Hall–Kier alpha value is -1.80. The van der Waals surface area contributed by atoms with Crippen LogP contribution < -0.4 is 5.32 Å². The van der Waals surface area contributed by atoms with E-state index in [-0.39, 0.29) is 6.54 Å². The van der Waals surface area contributed by atoms with E-state index >= 15 is 0 Å². The fourth-order valence-electron chi connectivity index (χ4n) is 0.616. The van der Waals surface area contributed by atoms with Crippen LogP contribution in [0.5, 0.6) is 0 Å². The molecule has 1 aromatic heterocycles. The van der Waals surface area contributed by atoms with Crippen molar-refractivity contribution in [1.82, 2.24) is 20.7 Å². The molecule has 0 aliphatic rings. The molecular weight excluding hydrogens is 205 g/mol. The van der Waals surface area contributed by atoms with E-state index in [1.54, 1.807) is 0 Å². The molecule has 0 unspecified atom stereocenters. The molecule has 0 aliphatic carbocycles. The Balaban J connectivity index is 2.29. The van der Waals surface area contributed by atoms with Gasteiger partial charge in [0.15, 0.2) is 0 Å². The summed E-state index contributed by atoms with van der Waals surface area (Å²) in [6, 6.07) is 0. The minimum absolute atomic E-state index is 0.189. The fraction of sp³-hybridized carbons (Fsp3) is 0.400. The van der Waals surface area contributed by atoms with Gasteiger partial charge in [-0.05, 0) is 0 Å². The van der Waals surface area contributed by atoms with E-state index in [0.29, 0.717) is 5.69 Å². The van der Waals surface area contributed by atoms with Gasteiger partial charge >= 0.3 is 12.5 Å². The van der Waals surface area contributed by atoms with Crippen molar-refractivity contribution in [1.29, 1.82) is 0 Å². The molecule has 1 rings (SSSR count). The molecule has 6 nitrogen and oxygen atoms in total. The predicted octanol–water partition coefficient (Wildman–Crippen LogP) is 0.551. The third kappa shape index (κ3) is 3.74. The number of amides is 1. The van der Waals surface area contributed by atoms with Gasteiger partial charge in [-0.1, -0.05) is 5.21 Å². The van der Waals surface area contributed by atoms with E-state index in [1.807, 2.05) is 5.32 Å². The Kier molecular flexibility index (Phi) is 2.89. The molecule has 0 fully saturated rings. The van der Waals surface area contributed by atoms with Gasteiger partial charge < -0.3 is 10.1 Å². The van der Waals surface area contributed by atoms with Crippen LogP contribution in [-0.2, 0) is 11.3 Å². The van der Waals surface area contributed by atoms with Gasteiger partial charge in [-0.15, -0.1) is 18.3 Å². The molecule has 1 amide bonds. The number of ether oxygens (including phenoxy) is 1. The Morgan fingerprint density at radius 1 is 1.64 bits per heavy atom. The van der Waals surface area contributed by atoms with Crippen LogP contribution in [0.25, 0.3) is 0 Å². The molecule has 0 atom stereocenters. The number of carbonyl (C=O) groups is 1. The highest BCUT2D eigenvalue weighted by Gasteiger charge is 2.33. The van der Waals surface area contributed by atoms with Gasteiger partial charge in [0.2, 0.25) is 0 Å². The maximum atomic E-state index is 11.5. The number of hydrogen-bond donors (Lipinski definition) is 2. The van der Waals surface area contributed by atoms with Crippen LogP contribution in [0.4, 0.5) is 18.0 Å². The lowest BCUT2D eigenvalue weighted by molar-refractivity contribution is -0.291. The molecule has 0 radical (unpaired) electrons. The molecule has 14 heavy (non-hydrogen) atoms. The van der Waals surface area contributed by atoms with E-state index < -0.39 is 12.5 Å². The highest BCUT2D eigenvalue weighted by atomic mass is 19.4. The zero-order chi connectivity index (χ0) is 10.6. The number of H-pyrrole nitrogens is 1. The molecule has 0 saturated heterocycles. The Labute approximate surface area is 75.4 Å². The summed E-state index contributed by atoms with van der Waals surface area (Å²) in [5.74, 6) is 0. The van der Waals surface area contributed by atoms with Crippen LogP contribution in [0.1, 0.15) is 5.69 Å². The maximum absolute atomic E-state index is 11.5. The molecule has 0 spiro atoms. The zero-order valence-electron chi connectivity index (χ0n) is 6.63. The second kappa shape index (κ2) is 3.94. The molecule has 0 saturated carbocycles. The first-order valence-electron chi connectivity index (χ1n) is 3.36. The monoisotopic (exact) mass is 210 g/mol.